The van der Waals surface area contributed by atoms with Gasteiger partial charge in [0.05, 0.1) is 34.5 Å². The molecule has 0 spiro atoms. The maximum atomic E-state index is 15.8. The fraction of sp³-hybridized carbons (Fsp3) is 0.268. The normalized spacial score (nSPS) is 12.6. The Hall–Kier alpha value is -5.73. The molecule has 0 fully saturated rings. The van der Waals surface area contributed by atoms with E-state index in [0.29, 0.717) is 40.3 Å². The molecule has 0 bridgehead atoms. The first-order chi connectivity index (χ1) is 26.1. The number of benzene rings is 3. The standard InChI is InChI=1S/C41H44FN5O7/c1-24-27(17-33(42)28-12-13-30(37(18-28)52-3)21-45-36(23-49)41(51)54-5)8-6-9-31(24)32-10-7-11-34(25(32)2)47-39-38-29(14-15-43-39)16-26(20-46-38)19-44-35(22-48)40(50)53-4/h6-18,20,35-36,44-45,48-49H,19,21-23H2,1-5H3,(H,43,47)/b33-17-/t35-,36-/m1/s1. The molecule has 2 aromatic heterocycles. The van der Waals surface area contributed by atoms with Gasteiger partial charge in [0.2, 0.25) is 0 Å². The number of carbonyl (C=O) groups is 2. The van der Waals surface area contributed by atoms with Crippen LogP contribution in [0.1, 0.15) is 33.4 Å². The van der Waals surface area contributed by atoms with E-state index in [-0.39, 0.29) is 13.2 Å². The molecule has 0 aliphatic rings. The molecule has 0 radical (unpaired) electrons. The van der Waals surface area contributed by atoms with Crippen molar-refractivity contribution in [2.75, 3.05) is 39.9 Å². The van der Waals surface area contributed by atoms with E-state index in [2.05, 4.69) is 25.9 Å². The molecular formula is C41H44FN5O7. The maximum Gasteiger partial charge on any atom is 0.325 e. The molecule has 0 amide bonds. The predicted octanol–water partition coefficient (Wildman–Crippen LogP) is 5.38. The molecule has 5 rings (SSSR count). The van der Waals surface area contributed by atoms with Gasteiger partial charge in [-0.05, 0) is 77.6 Å². The number of ether oxygens (including phenoxy) is 3. The van der Waals surface area contributed by atoms with Crippen molar-refractivity contribution in [3.8, 4) is 16.9 Å². The average Bonchev–Trinajstić information content (AvgIpc) is 3.19. The predicted molar refractivity (Wildman–Crippen MR) is 206 cm³/mol. The van der Waals surface area contributed by atoms with Crippen LogP contribution in [0.5, 0.6) is 5.75 Å². The lowest BCUT2D eigenvalue weighted by Gasteiger charge is -2.17. The molecule has 2 heterocycles. The maximum absolute atomic E-state index is 15.8. The van der Waals surface area contributed by atoms with Gasteiger partial charge in [-0.25, -0.2) is 9.37 Å². The van der Waals surface area contributed by atoms with Gasteiger partial charge < -0.3 is 29.7 Å². The number of aromatic nitrogens is 2. The smallest absolute Gasteiger partial charge is 0.325 e. The lowest BCUT2D eigenvalue weighted by Crippen LogP contribution is -2.40. The fourth-order valence-corrected chi connectivity index (χ4v) is 6.05. The van der Waals surface area contributed by atoms with Crippen molar-refractivity contribution in [1.82, 2.24) is 20.6 Å². The summed E-state index contributed by atoms with van der Waals surface area (Å²) in [7, 11) is 4.01. The monoisotopic (exact) mass is 737 g/mol. The van der Waals surface area contributed by atoms with Gasteiger partial charge >= 0.3 is 11.9 Å². The summed E-state index contributed by atoms with van der Waals surface area (Å²) < 4.78 is 30.8. The topological polar surface area (TPSA) is 164 Å². The second-order valence-electron chi connectivity index (χ2n) is 12.5. The quantitative estimate of drug-likeness (QED) is 0.0650. The molecular weight excluding hydrogens is 693 g/mol. The second-order valence-corrected chi connectivity index (χ2v) is 12.5. The summed E-state index contributed by atoms with van der Waals surface area (Å²) in [6, 6.07) is 18.7. The number of aliphatic hydroxyl groups is 2. The van der Waals surface area contributed by atoms with E-state index in [1.54, 1.807) is 30.6 Å². The van der Waals surface area contributed by atoms with Crippen LogP contribution >= 0.6 is 0 Å². The Balaban J connectivity index is 1.36. The number of fused-ring (bicyclic) bond motifs is 1. The number of rotatable bonds is 16. The minimum Gasteiger partial charge on any atom is -0.496 e. The average molecular weight is 738 g/mol. The molecule has 0 aliphatic carbocycles. The number of nitrogens with zero attached hydrogens (tertiary/aromatic N) is 2. The number of carbonyl (C=O) groups excluding carboxylic acids is 2. The Kier molecular flexibility index (Phi) is 13.4. The first-order valence-electron chi connectivity index (χ1n) is 17.2. The van der Waals surface area contributed by atoms with Gasteiger partial charge in [-0.1, -0.05) is 42.5 Å². The summed E-state index contributed by atoms with van der Waals surface area (Å²) in [5, 5.41) is 29.2. The van der Waals surface area contributed by atoms with Crippen molar-refractivity contribution in [2.24, 2.45) is 0 Å². The largest absolute Gasteiger partial charge is 0.496 e. The van der Waals surface area contributed by atoms with Crippen LogP contribution in [0, 0.1) is 13.8 Å². The van der Waals surface area contributed by atoms with Crippen molar-refractivity contribution < 1.29 is 38.4 Å². The zero-order chi connectivity index (χ0) is 38.8. The van der Waals surface area contributed by atoms with Gasteiger partial charge in [-0.15, -0.1) is 0 Å². The number of methoxy groups -OCH3 is 3. The number of nitrogens with one attached hydrogen (secondary N) is 3. The van der Waals surface area contributed by atoms with Crippen LogP contribution < -0.4 is 20.7 Å². The van der Waals surface area contributed by atoms with E-state index in [0.717, 1.165) is 38.9 Å². The number of pyridine rings is 2. The Morgan fingerprint density at radius 3 is 2.17 bits per heavy atom. The molecule has 2 atom stereocenters. The zero-order valence-electron chi connectivity index (χ0n) is 30.8. The van der Waals surface area contributed by atoms with Crippen LogP contribution in [0.25, 0.3) is 33.9 Å². The molecule has 3 aromatic carbocycles. The number of hydrogen-bond acceptors (Lipinski definition) is 12. The molecule has 5 aromatic rings. The van der Waals surface area contributed by atoms with E-state index in [1.165, 1.54) is 27.4 Å². The molecule has 5 N–H and O–H groups in total. The van der Waals surface area contributed by atoms with E-state index < -0.39 is 36.5 Å². The van der Waals surface area contributed by atoms with Crippen LogP contribution in [-0.2, 0) is 32.2 Å². The van der Waals surface area contributed by atoms with E-state index >= 15 is 4.39 Å². The van der Waals surface area contributed by atoms with Crippen LogP contribution in [0.15, 0.2) is 79.1 Å². The van der Waals surface area contributed by atoms with Crippen molar-refractivity contribution >= 4 is 46.2 Å². The highest BCUT2D eigenvalue weighted by Crippen LogP contribution is 2.35. The van der Waals surface area contributed by atoms with Gasteiger partial charge in [0.1, 0.15) is 29.2 Å². The molecule has 0 aliphatic heterocycles. The highest BCUT2D eigenvalue weighted by Gasteiger charge is 2.20. The minimum atomic E-state index is -0.899. The van der Waals surface area contributed by atoms with Crippen LogP contribution in [0.2, 0.25) is 0 Å². The van der Waals surface area contributed by atoms with Gasteiger partial charge in [0, 0.05) is 47.7 Å². The summed E-state index contributed by atoms with van der Waals surface area (Å²) in [6.45, 7) is 3.65. The number of anilines is 2. The van der Waals surface area contributed by atoms with Crippen LogP contribution in [0.3, 0.4) is 0 Å². The first-order valence-corrected chi connectivity index (χ1v) is 17.2. The van der Waals surface area contributed by atoms with Crippen molar-refractivity contribution in [3.63, 3.8) is 0 Å². The highest BCUT2D eigenvalue weighted by atomic mass is 19.1. The molecule has 12 nitrogen and oxygen atoms in total. The van der Waals surface area contributed by atoms with Gasteiger partial charge in [-0.3, -0.25) is 25.2 Å². The fourth-order valence-electron chi connectivity index (χ4n) is 6.05. The lowest BCUT2D eigenvalue weighted by atomic mass is 9.92. The van der Waals surface area contributed by atoms with E-state index in [4.69, 9.17) is 14.2 Å². The summed E-state index contributed by atoms with van der Waals surface area (Å²) in [5.41, 5.74) is 7.77. The third kappa shape index (κ3) is 9.07. The zero-order valence-corrected chi connectivity index (χ0v) is 30.8. The van der Waals surface area contributed by atoms with Crippen molar-refractivity contribution in [3.05, 3.63) is 113 Å². The Labute approximate surface area is 313 Å². The Bertz CT molecular complexity index is 2160. The number of aliphatic hydroxyl groups excluding tert-OH is 2. The third-order valence-electron chi connectivity index (χ3n) is 9.18. The summed E-state index contributed by atoms with van der Waals surface area (Å²) in [5.74, 6) is -0.589. The van der Waals surface area contributed by atoms with Gasteiger partial charge in [-0.2, -0.15) is 0 Å². The molecule has 0 saturated heterocycles. The van der Waals surface area contributed by atoms with Crippen molar-refractivity contribution in [1.29, 1.82) is 0 Å². The molecule has 282 valence electrons. The summed E-state index contributed by atoms with van der Waals surface area (Å²) in [6.07, 6.45) is 4.89. The summed E-state index contributed by atoms with van der Waals surface area (Å²) >= 11 is 0. The number of halogens is 1. The first kappa shape index (κ1) is 39.5. The molecule has 0 unspecified atom stereocenters. The minimum absolute atomic E-state index is 0.196. The lowest BCUT2D eigenvalue weighted by molar-refractivity contribution is -0.145. The number of esters is 2. The Morgan fingerprint density at radius 2 is 1.50 bits per heavy atom. The van der Waals surface area contributed by atoms with Gasteiger partial charge in [0.25, 0.3) is 0 Å². The van der Waals surface area contributed by atoms with Crippen LogP contribution in [0.4, 0.5) is 15.9 Å². The van der Waals surface area contributed by atoms with Crippen molar-refractivity contribution in [2.45, 2.75) is 39.0 Å². The Morgan fingerprint density at radius 1 is 0.833 bits per heavy atom. The molecule has 54 heavy (non-hydrogen) atoms. The molecule has 13 heteroatoms. The third-order valence-corrected chi connectivity index (χ3v) is 9.18. The highest BCUT2D eigenvalue weighted by molar-refractivity contribution is 5.91. The van der Waals surface area contributed by atoms with Gasteiger partial charge in [0.15, 0.2) is 5.82 Å². The van der Waals surface area contributed by atoms with E-state index in [9.17, 15) is 19.8 Å². The SMILES string of the molecule is COC(=O)[C@@H](CO)NCc1cnc2c(Nc3cccc(-c4cccc(/C=C(\F)c5ccc(CN[C@H](CO)C(=O)OC)c(OC)c5)c4C)c3C)nccc2c1. The second kappa shape index (κ2) is 18.3. The van der Waals surface area contributed by atoms with Crippen LogP contribution in [-0.4, -0.2) is 78.7 Å². The van der Waals surface area contributed by atoms with E-state index in [1.807, 2.05) is 62.4 Å². The molecule has 0 saturated carbocycles. The summed E-state index contributed by atoms with van der Waals surface area (Å²) in [4.78, 5) is 32.9. The number of hydrogen-bond donors (Lipinski definition) is 5.